The van der Waals surface area contributed by atoms with Crippen molar-refractivity contribution in [1.29, 1.82) is 0 Å². The van der Waals surface area contributed by atoms with Gasteiger partial charge in [-0.1, -0.05) is 42.2 Å². The Morgan fingerprint density at radius 2 is 1.93 bits per heavy atom. The number of nitrogens with one attached hydrogen (secondary N) is 2. The van der Waals surface area contributed by atoms with Crippen LogP contribution in [0.15, 0.2) is 53.7 Å². The summed E-state index contributed by atoms with van der Waals surface area (Å²) in [7, 11) is -4.33. The summed E-state index contributed by atoms with van der Waals surface area (Å²) in [5, 5.41) is 6.97. The molecule has 0 saturated heterocycles. The lowest BCUT2D eigenvalue weighted by molar-refractivity contribution is -0.120. The predicted molar refractivity (Wildman–Crippen MR) is 122 cm³/mol. The van der Waals surface area contributed by atoms with E-state index >= 15 is 0 Å². The molecular weight excluding hydrogens is 447 g/mol. The predicted octanol–water partition coefficient (Wildman–Crippen LogP) is 4.11. The number of benzene rings is 2. The van der Waals surface area contributed by atoms with E-state index in [1.165, 1.54) is 11.9 Å². The smallest absolute Gasteiger partial charge is 0.295 e. The molecule has 0 aliphatic carbocycles. The first-order chi connectivity index (χ1) is 14.2. The Labute approximate surface area is 180 Å². The van der Waals surface area contributed by atoms with Crippen molar-refractivity contribution in [3.8, 4) is 0 Å². The average molecular weight is 473 g/mol. The van der Waals surface area contributed by atoms with Gasteiger partial charge in [-0.05, 0) is 19.1 Å². The molecule has 2 rings (SSSR count). The van der Waals surface area contributed by atoms with Gasteiger partial charge in [-0.15, -0.1) is 0 Å². The van der Waals surface area contributed by atoms with E-state index in [0.29, 0.717) is 41.9 Å². The van der Waals surface area contributed by atoms with E-state index in [2.05, 4.69) is 17.2 Å². The van der Waals surface area contributed by atoms with Crippen molar-refractivity contribution in [3.63, 3.8) is 0 Å². The van der Waals surface area contributed by atoms with Gasteiger partial charge in [0, 0.05) is 47.5 Å². The highest BCUT2D eigenvalue weighted by atomic mass is 32.7. The minimum atomic E-state index is -4.33. The quantitative estimate of drug-likeness (QED) is 0.240. The fourth-order valence-electron chi connectivity index (χ4n) is 2.74. The van der Waals surface area contributed by atoms with Gasteiger partial charge in [-0.25, -0.2) is 0 Å². The van der Waals surface area contributed by atoms with Crippen molar-refractivity contribution in [2.45, 2.75) is 18.2 Å². The summed E-state index contributed by atoms with van der Waals surface area (Å²) in [5.41, 5.74) is 0.687. The molecule has 164 valence electrons. The summed E-state index contributed by atoms with van der Waals surface area (Å²) in [6.45, 7) is 3.40. The molecule has 0 aliphatic heterocycles. The Bertz CT molecular complexity index is 1060. The molecule has 0 aromatic heterocycles. The Balaban J connectivity index is 1.86. The first-order valence-corrected chi connectivity index (χ1v) is 13.9. The third-order valence-corrected chi connectivity index (χ3v) is 9.17. The summed E-state index contributed by atoms with van der Waals surface area (Å²) in [6, 6.07) is 9.74. The lowest BCUT2D eigenvalue weighted by Gasteiger charge is -2.13. The van der Waals surface area contributed by atoms with E-state index in [1.54, 1.807) is 37.3 Å². The second-order valence-electron chi connectivity index (χ2n) is 6.13. The Kier molecular flexibility index (Phi) is 8.93. The maximum Gasteiger partial charge on any atom is 0.295 e. The first-order valence-electron chi connectivity index (χ1n) is 9.22. The number of amides is 1. The number of rotatable bonds is 12. The van der Waals surface area contributed by atoms with Crippen LogP contribution in [0.1, 0.15) is 13.3 Å². The second kappa shape index (κ2) is 11.0. The van der Waals surface area contributed by atoms with Crippen LogP contribution < -0.4 is 10.6 Å². The van der Waals surface area contributed by atoms with Crippen LogP contribution in [0.5, 0.6) is 0 Å². The zero-order chi connectivity index (χ0) is 22.2. The number of hydrogen-bond acceptors (Lipinski definition) is 7. The maximum atomic E-state index is 12.2. The van der Waals surface area contributed by atoms with E-state index in [-0.39, 0.29) is 17.2 Å². The standard InChI is InChI=1S/C19H25N2O6PS2/c1-3-27-28(23,4-2)29-14-11-19(22)21-13-12-20-17-9-5-8-16-15(17)7-6-10-18(16)30(24,25)26/h4-10,20H,2-3,11-14H2,1H3,(H,21,22)(H,24,25,26). The van der Waals surface area contributed by atoms with Gasteiger partial charge in [0.05, 0.1) is 6.61 Å². The maximum absolute atomic E-state index is 12.2. The number of hydrogen-bond donors (Lipinski definition) is 3. The van der Waals surface area contributed by atoms with Crippen LogP contribution >= 0.6 is 18.0 Å². The molecule has 0 fully saturated rings. The SMILES string of the molecule is C=CP(=O)(OCC)SCCC(=O)NCCNc1cccc2c(S(=O)(=O)O)cccc12. The van der Waals surface area contributed by atoms with Crippen molar-refractivity contribution in [2.24, 2.45) is 0 Å². The number of carbonyl (C=O) groups is 1. The molecule has 3 N–H and O–H groups in total. The Hall–Kier alpha value is -1.84. The molecule has 0 radical (unpaired) electrons. The van der Waals surface area contributed by atoms with Gasteiger partial charge >= 0.3 is 0 Å². The summed E-state index contributed by atoms with van der Waals surface area (Å²) in [6.07, 6.45) is 0.196. The largest absolute Gasteiger partial charge is 0.383 e. The van der Waals surface area contributed by atoms with E-state index in [0.717, 1.165) is 11.4 Å². The fraction of sp³-hybridized carbons (Fsp3) is 0.316. The van der Waals surface area contributed by atoms with Crippen LogP contribution in [0.25, 0.3) is 10.8 Å². The molecule has 0 bridgehead atoms. The molecule has 1 unspecified atom stereocenters. The van der Waals surface area contributed by atoms with Crippen LogP contribution in [-0.2, 0) is 24.0 Å². The van der Waals surface area contributed by atoms with E-state index in [4.69, 9.17) is 4.52 Å². The Morgan fingerprint density at radius 1 is 1.23 bits per heavy atom. The third-order valence-electron chi connectivity index (χ3n) is 4.06. The molecule has 2 aromatic rings. The molecule has 0 heterocycles. The van der Waals surface area contributed by atoms with Gasteiger partial charge in [-0.3, -0.25) is 13.9 Å². The second-order valence-corrected chi connectivity index (χ2v) is 12.2. The van der Waals surface area contributed by atoms with Crippen LogP contribution in [-0.4, -0.2) is 44.3 Å². The summed E-state index contributed by atoms with van der Waals surface area (Å²) in [4.78, 5) is 11.8. The van der Waals surface area contributed by atoms with Crippen molar-refractivity contribution >= 4 is 50.4 Å². The van der Waals surface area contributed by atoms with Crippen LogP contribution in [0.4, 0.5) is 5.69 Å². The molecule has 0 aliphatic rings. The lowest BCUT2D eigenvalue weighted by Crippen LogP contribution is -2.28. The number of anilines is 1. The van der Waals surface area contributed by atoms with Gasteiger partial charge in [0.15, 0.2) is 0 Å². The first kappa shape index (κ1) is 24.4. The monoisotopic (exact) mass is 472 g/mol. The zero-order valence-electron chi connectivity index (χ0n) is 16.5. The third kappa shape index (κ3) is 6.85. The van der Waals surface area contributed by atoms with Gasteiger partial charge in [-0.2, -0.15) is 8.42 Å². The van der Waals surface area contributed by atoms with E-state index in [9.17, 15) is 22.3 Å². The molecule has 1 amide bonds. The topological polar surface area (TPSA) is 122 Å². The van der Waals surface area contributed by atoms with Gasteiger partial charge in [0.2, 0.25) is 5.91 Å². The van der Waals surface area contributed by atoms with E-state index < -0.39 is 16.7 Å². The highest BCUT2D eigenvalue weighted by molar-refractivity contribution is 8.57. The summed E-state index contributed by atoms with van der Waals surface area (Å²) in [5.74, 6) is 1.47. The normalized spacial score (nSPS) is 13.5. The van der Waals surface area contributed by atoms with Crippen molar-refractivity contribution in [1.82, 2.24) is 5.32 Å². The van der Waals surface area contributed by atoms with Crippen molar-refractivity contribution < 1.29 is 26.9 Å². The molecule has 30 heavy (non-hydrogen) atoms. The van der Waals surface area contributed by atoms with Crippen LogP contribution in [0, 0.1) is 0 Å². The average Bonchev–Trinajstić information content (AvgIpc) is 2.70. The fourth-order valence-corrected chi connectivity index (χ4v) is 6.51. The minimum absolute atomic E-state index is 0.154. The molecule has 1 atom stereocenters. The lowest BCUT2D eigenvalue weighted by atomic mass is 10.1. The van der Waals surface area contributed by atoms with Crippen LogP contribution in [0.3, 0.4) is 0 Å². The highest BCUT2D eigenvalue weighted by Crippen LogP contribution is 2.60. The van der Waals surface area contributed by atoms with Crippen molar-refractivity contribution in [3.05, 3.63) is 48.8 Å². The summed E-state index contributed by atoms with van der Waals surface area (Å²) >= 11 is 1.09. The number of carbonyl (C=O) groups excluding carboxylic acids is 1. The number of fused-ring (bicyclic) bond motifs is 1. The molecule has 8 nitrogen and oxygen atoms in total. The molecule has 2 aromatic carbocycles. The van der Waals surface area contributed by atoms with Crippen LogP contribution in [0.2, 0.25) is 0 Å². The molecular formula is C19H25N2O6PS2. The summed E-state index contributed by atoms with van der Waals surface area (Å²) < 4.78 is 49.9. The molecule has 0 spiro atoms. The zero-order valence-corrected chi connectivity index (χ0v) is 19.1. The Morgan fingerprint density at radius 3 is 2.60 bits per heavy atom. The minimum Gasteiger partial charge on any atom is -0.383 e. The van der Waals surface area contributed by atoms with Gasteiger partial charge < -0.3 is 15.2 Å². The van der Waals surface area contributed by atoms with E-state index in [1.807, 2.05) is 0 Å². The van der Waals surface area contributed by atoms with Gasteiger partial charge in [0.1, 0.15) is 4.90 Å². The molecule has 11 heteroatoms. The van der Waals surface area contributed by atoms with Gasteiger partial charge in [0.25, 0.3) is 16.7 Å². The molecule has 0 saturated carbocycles. The van der Waals surface area contributed by atoms with Crippen molar-refractivity contribution in [2.75, 3.05) is 30.8 Å². The highest BCUT2D eigenvalue weighted by Gasteiger charge is 2.19.